The number of nitrogens with one attached hydrogen (secondary N) is 1. The average molecular weight is 348 g/mol. The Morgan fingerprint density at radius 1 is 1.30 bits per heavy atom. The molecule has 23 heavy (non-hydrogen) atoms. The maximum atomic E-state index is 12.3. The number of hydrogen-bond acceptors (Lipinski definition) is 5. The highest BCUT2D eigenvalue weighted by Crippen LogP contribution is 2.24. The molecular formula is C17H20N2O2S2. The Labute approximate surface area is 144 Å². The van der Waals surface area contributed by atoms with Crippen molar-refractivity contribution in [3.8, 4) is 0 Å². The molecule has 0 aliphatic rings. The van der Waals surface area contributed by atoms with Crippen LogP contribution in [0.5, 0.6) is 0 Å². The number of pyridine rings is 1. The fraction of sp³-hybridized carbons (Fsp3) is 0.353. The van der Waals surface area contributed by atoms with Crippen LogP contribution >= 0.6 is 23.1 Å². The number of hydrogen-bond donors (Lipinski definition) is 1. The maximum Gasteiger partial charge on any atom is 0.216 e. The number of amides is 1. The number of aryl methyl sites for hydroxylation is 2. The van der Waals surface area contributed by atoms with E-state index in [1.54, 1.807) is 0 Å². The highest BCUT2D eigenvalue weighted by Gasteiger charge is 2.11. The van der Waals surface area contributed by atoms with E-state index >= 15 is 0 Å². The van der Waals surface area contributed by atoms with Gasteiger partial charge in [0.15, 0.2) is 5.78 Å². The summed E-state index contributed by atoms with van der Waals surface area (Å²) in [6, 6.07) is 5.90. The molecule has 0 saturated carbocycles. The lowest BCUT2D eigenvalue weighted by Gasteiger charge is -2.04. The van der Waals surface area contributed by atoms with Crippen molar-refractivity contribution in [2.45, 2.75) is 32.2 Å². The van der Waals surface area contributed by atoms with Gasteiger partial charge in [-0.05, 0) is 43.5 Å². The number of thiophene rings is 1. The van der Waals surface area contributed by atoms with Crippen LogP contribution in [0.2, 0.25) is 0 Å². The average Bonchev–Trinajstić information content (AvgIpc) is 2.94. The summed E-state index contributed by atoms with van der Waals surface area (Å²) in [5.74, 6) is 0.477. The first-order valence-corrected chi connectivity index (χ1v) is 9.18. The van der Waals surface area contributed by atoms with Crippen LogP contribution in [0, 0.1) is 13.8 Å². The molecule has 0 radical (unpaired) electrons. The molecule has 6 heteroatoms. The molecule has 2 heterocycles. The number of Topliss-reactive ketones (excluding diaryl/α,β-unsaturated/α-hetero) is 1. The molecule has 122 valence electrons. The van der Waals surface area contributed by atoms with E-state index < -0.39 is 0 Å². The van der Waals surface area contributed by atoms with E-state index in [0.29, 0.717) is 12.3 Å². The first-order valence-electron chi connectivity index (χ1n) is 7.38. The van der Waals surface area contributed by atoms with Gasteiger partial charge in [-0.3, -0.25) is 9.59 Å². The quantitative estimate of drug-likeness (QED) is 0.615. The van der Waals surface area contributed by atoms with Gasteiger partial charge in [0, 0.05) is 24.5 Å². The van der Waals surface area contributed by atoms with Gasteiger partial charge >= 0.3 is 0 Å². The minimum Gasteiger partial charge on any atom is -0.356 e. The topological polar surface area (TPSA) is 59.1 Å². The number of ketones is 1. The predicted molar refractivity (Wildman–Crippen MR) is 95.5 cm³/mol. The maximum absolute atomic E-state index is 12.3. The molecule has 0 saturated heterocycles. The summed E-state index contributed by atoms with van der Waals surface area (Å²) in [4.78, 5) is 29.4. The lowest BCUT2D eigenvalue weighted by molar-refractivity contribution is -0.118. The Bertz CT molecular complexity index is 710. The third-order valence-electron chi connectivity index (χ3n) is 3.19. The molecule has 0 spiro atoms. The summed E-state index contributed by atoms with van der Waals surface area (Å²) < 4.78 is 0. The summed E-state index contributed by atoms with van der Waals surface area (Å²) in [6.07, 6.45) is 2.58. The van der Waals surface area contributed by atoms with Gasteiger partial charge in [-0.2, -0.15) is 0 Å². The minimum absolute atomic E-state index is 0.0322. The van der Waals surface area contributed by atoms with Crippen LogP contribution in [-0.4, -0.2) is 29.0 Å². The van der Waals surface area contributed by atoms with Crippen molar-refractivity contribution in [1.29, 1.82) is 0 Å². The molecule has 0 aromatic carbocycles. The molecule has 0 unspecified atom stereocenters. The molecule has 1 amide bonds. The Kier molecular flexibility index (Phi) is 6.36. The van der Waals surface area contributed by atoms with Gasteiger partial charge in [0.25, 0.3) is 0 Å². The Hall–Kier alpha value is -1.66. The van der Waals surface area contributed by atoms with Gasteiger partial charge in [-0.25, -0.2) is 4.98 Å². The molecule has 0 fully saturated rings. The zero-order valence-electron chi connectivity index (χ0n) is 13.5. The fourth-order valence-corrected chi connectivity index (χ4v) is 3.96. The second-order valence-corrected chi connectivity index (χ2v) is 7.48. The minimum atomic E-state index is -0.0322. The van der Waals surface area contributed by atoms with Crippen molar-refractivity contribution in [3.63, 3.8) is 0 Å². The van der Waals surface area contributed by atoms with Crippen molar-refractivity contribution in [1.82, 2.24) is 10.3 Å². The van der Waals surface area contributed by atoms with Crippen LogP contribution in [0.25, 0.3) is 0 Å². The van der Waals surface area contributed by atoms with Crippen molar-refractivity contribution >= 4 is 34.8 Å². The molecule has 0 bridgehead atoms. The van der Waals surface area contributed by atoms with E-state index in [1.165, 1.54) is 30.0 Å². The van der Waals surface area contributed by atoms with Crippen molar-refractivity contribution in [2.24, 2.45) is 0 Å². The van der Waals surface area contributed by atoms with Crippen LogP contribution in [0.15, 0.2) is 29.4 Å². The Morgan fingerprint density at radius 3 is 2.78 bits per heavy atom. The number of carbonyl (C=O) groups excluding carboxylic acids is 2. The van der Waals surface area contributed by atoms with E-state index in [-0.39, 0.29) is 11.7 Å². The third-order valence-corrected chi connectivity index (χ3v) is 5.48. The number of rotatable bonds is 7. The van der Waals surface area contributed by atoms with Crippen LogP contribution in [0.4, 0.5) is 0 Å². The van der Waals surface area contributed by atoms with Crippen molar-refractivity contribution in [3.05, 3.63) is 45.3 Å². The van der Waals surface area contributed by atoms with E-state index in [1.807, 2.05) is 32.2 Å². The van der Waals surface area contributed by atoms with Gasteiger partial charge in [0.2, 0.25) is 5.91 Å². The van der Waals surface area contributed by atoms with Gasteiger partial charge in [0.05, 0.1) is 15.7 Å². The molecular weight excluding hydrogens is 328 g/mol. The number of carbonyl (C=O) groups is 2. The molecule has 4 nitrogen and oxygen atoms in total. The molecule has 2 aromatic heterocycles. The molecule has 0 aliphatic carbocycles. The van der Waals surface area contributed by atoms with E-state index in [2.05, 4.69) is 16.4 Å². The molecule has 2 aromatic rings. The highest BCUT2D eigenvalue weighted by atomic mass is 32.2. The second kappa shape index (κ2) is 8.26. The summed E-state index contributed by atoms with van der Waals surface area (Å²) >= 11 is 2.98. The van der Waals surface area contributed by atoms with E-state index in [9.17, 15) is 9.59 Å². The molecule has 0 aliphatic heterocycles. The van der Waals surface area contributed by atoms with Gasteiger partial charge in [-0.15, -0.1) is 11.3 Å². The number of thioether (sulfide) groups is 1. The zero-order valence-corrected chi connectivity index (χ0v) is 15.1. The molecule has 2 rings (SSSR count). The first-order chi connectivity index (χ1) is 11.0. The van der Waals surface area contributed by atoms with Gasteiger partial charge in [0.1, 0.15) is 0 Å². The first kappa shape index (κ1) is 17.7. The number of nitrogens with zero attached hydrogens (tertiary/aromatic N) is 1. The molecule has 0 atom stereocenters. The lowest BCUT2D eigenvalue weighted by Crippen LogP contribution is -2.22. The van der Waals surface area contributed by atoms with E-state index in [0.717, 1.165) is 32.3 Å². The SMILES string of the molecule is CC(=O)NCCc1ccc(C(=O)CSc2ncc(C)cc2C)s1. The summed E-state index contributed by atoms with van der Waals surface area (Å²) in [5, 5.41) is 3.67. The van der Waals surface area contributed by atoms with Crippen LogP contribution < -0.4 is 5.32 Å². The standard InChI is InChI=1S/C17H20N2O2S2/c1-11-8-12(2)17(19-9-11)22-10-15(21)16-5-4-14(23-16)6-7-18-13(3)20/h4-5,8-9H,6-7,10H2,1-3H3,(H,18,20). The van der Waals surface area contributed by atoms with Crippen molar-refractivity contribution < 1.29 is 9.59 Å². The predicted octanol–water partition coefficient (Wildman–Crippen LogP) is 3.41. The van der Waals surface area contributed by atoms with E-state index in [4.69, 9.17) is 0 Å². The van der Waals surface area contributed by atoms with Crippen LogP contribution in [0.3, 0.4) is 0 Å². The highest BCUT2D eigenvalue weighted by molar-refractivity contribution is 8.00. The second-order valence-electron chi connectivity index (χ2n) is 5.35. The summed E-state index contributed by atoms with van der Waals surface area (Å²) in [5.41, 5.74) is 2.23. The monoisotopic (exact) mass is 348 g/mol. The summed E-state index contributed by atoms with van der Waals surface area (Å²) in [6.45, 7) is 6.12. The van der Waals surface area contributed by atoms with Crippen LogP contribution in [0.1, 0.15) is 32.6 Å². The van der Waals surface area contributed by atoms with Crippen LogP contribution in [-0.2, 0) is 11.2 Å². The Balaban J connectivity index is 1.88. The fourth-order valence-electron chi connectivity index (χ4n) is 2.08. The molecule has 1 N–H and O–H groups in total. The van der Waals surface area contributed by atoms with Gasteiger partial charge in [-0.1, -0.05) is 17.8 Å². The smallest absolute Gasteiger partial charge is 0.216 e. The van der Waals surface area contributed by atoms with Gasteiger partial charge < -0.3 is 5.32 Å². The van der Waals surface area contributed by atoms with Crippen molar-refractivity contribution in [2.75, 3.05) is 12.3 Å². The lowest BCUT2D eigenvalue weighted by atomic mass is 10.2. The zero-order chi connectivity index (χ0) is 16.8. The normalized spacial score (nSPS) is 10.6. The number of aromatic nitrogens is 1. The third kappa shape index (κ3) is 5.48. The largest absolute Gasteiger partial charge is 0.356 e. The summed E-state index contributed by atoms with van der Waals surface area (Å²) in [7, 11) is 0. The Morgan fingerprint density at radius 2 is 2.09 bits per heavy atom.